The van der Waals surface area contributed by atoms with Crippen LogP contribution in [0.2, 0.25) is 0 Å². The number of hydrogen-bond acceptors (Lipinski definition) is 2. The Kier molecular flexibility index (Phi) is 1.98. The second kappa shape index (κ2) is 3.13. The quantitative estimate of drug-likeness (QED) is 0.738. The summed E-state index contributed by atoms with van der Waals surface area (Å²) in [6.07, 6.45) is 4.54. The molecule has 1 fully saturated rings. The van der Waals surface area contributed by atoms with Crippen LogP contribution >= 0.6 is 0 Å². The molecule has 1 aliphatic rings. The Morgan fingerprint density at radius 2 is 2.42 bits per heavy atom. The summed E-state index contributed by atoms with van der Waals surface area (Å²) in [6.45, 7) is 3.09. The molecule has 0 atom stereocenters. The van der Waals surface area contributed by atoms with E-state index >= 15 is 0 Å². The first-order valence-corrected chi connectivity index (χ1v) is 4.60. The molecule has 1 heterocycles. The smallest absolute Gasteiger partial charge is 0.0455 e. The van der Waals surface area contributed by atoms with Gasteiger partial charge >= 0.3 is 0 Å². The van der Waals surface area contributed by atoms with Crippen molar-refractivity contribution < 1.29 is 0 Å². The standard InChI is InChI=1S/C10H14N2/c1-2-11-9-5-6-12-10(7-9)8-3-4-8/h5-8H,2-4H2,1H3,(H,11,12). The number of aromatic nitrogens is 1. The molecule has 0 saturated heterocycles. The largest absolute Gasteiger partial charge is 0.385 e. The summed E-state index contributed by atoms with van der Waals surface area (Å²) >= 11 is 0. The topological polar surface area (TPSA) is 24.9 Å². The zero-order chi connectivity index (χ0) is 8.39. The van der Waals surface area contributed by atoms with Crippen molar-refractivity contribution in [2.75, 3.05) is 11.9 Å². The molecular formula is C10H14N2. The van der Waals surface area contributed by atoms with Crippen LogP contribution in [-0.2, 0) is 0 Å². The molecule has 1 aliphatic carbocycles. The van der Waals surface area contributed by atoms with Gasteiger partial charge in [0, 0.05) is 30.0 Å². The summed E-state index contributed by atoms with van der Waals surface area (Å²) in [5.41, 5.74) is 2.46. The number of rotatable bonds is 3. The van der Waals surface area contributed by atoms with Crippen LogP contribution in [0.1, 0.15) is 31.4 Å². The molecule has 1 aromatic rings. The molecule has 0 aliphatic heterocycles. The van der Waals surface area contributed by atoms with E-state index in [2.05, 4.69) is 23.3 Å². The molecule has 0 bridgehead atoms. The number of anilines is 1. The Morgan fingerprint density at radius 1 is 1.58 bits per heavy atom. The first-order chi connectivity index (χ1) is 5.90. The van der Waals surface area contributed by atoms with Crippen LogP contribution < -0.4 is 5.32 Å². The van der Waals surface area contributed by atoms with Gasteiger partial charge in [0.1, 0.15) is 0 Å². The van der Waals surface area contributed by atoms with Crippen molar-refractivity contribution in [1.82, 2.24) is 4.98 Å². The van der Waals surface area contributed by atoms with Gasteiger partial charge in [0.15, 0.2) is 0 Å². The fourth-order valence-corrected chi connectivity index (χ4v) is 1.36. The monoisotopic (exact) mass is 162 g/mol. The van der Waals surface area contributed by atoms with Crippen LogP contribution in [0.5, 0.6) is 0 Å². The summed E-state index contributed by atoms with van der Waals surface area (Å²) in [4.78, 5) is 4.34. The summed E-state index contributed by atoms with van der Waals surface area (Å²) < 4.78 is 0. The zero-order valence-electron chi connectivity index (χ0n) is 7.38. The van der Waals surface area contributed by atoms with E-state index in [1.807, 2.05) is 12.3 Å². The number of nitrogens with one attached hydrogen (secondary N) is 1. The average Bonchev–Trinajstić information content (AvgIpc) is 2.88. The highest BCUT2D eigenvalue weighted by Crippen LogP contribution is 2.39. The Bertz CT molecular complexity index is 266. The highest BCUT2D eigenvalue weighted by Gasteiger charge is 2.24. The third-order valence-corrected chi connectivity index (χ3v) is 2.16. The molecule has 2 nitrogen and oxygen atoms in total. The summed E-state index contributed by atoms with van der Waals surface area (Å²) in [5, 5.41) is 3.29. The van der Waals surface area contributed by atoms with E-state index in [1.165, 1.54) is 24.2 Å². The van der Waals surface area contributed by atoms with Crippen LogP contribution in [-0.4, -0.2) is 11.5 Å². The molecule has 1 N–H and O–H groups in total. The van der Waals surface area contributed by atoms with Gasteiger partial charge in [-0.25, -0.2) is 0 Å². The van der Waals surface area contributed by atoms with E-state index < -0.39 is 0 Å². The van der Waals surface area contributed by atoms with Crippen LogP contribution in [0.15, 0.2) is 18.3 Å². The van der Waals surface area contributed by atoms with Crippen molar-refractivity contribution in [3.8, 4) is 0 Å². The van der Waals surface area contributed by atoms with Gasteiger partial charge in [0.2, 0.25) is 0 Å². The van der Waals surface area contributed by atoms with E-state index in [0.29, 0.717) is 0 Å². The minimum atomic E-state index is 0.753. The lowest BCUT2D eigenvalue weighted by Gasteiger charge is -2.03. The molecule has 0 aromatic carbocycles. The molecule has 2 rings (SSSR count). The fourth-order valence-electron chi connectivity index (χ4n) is 1.36. The highest BCUT2D eigenvalue weighted by atomic mass is 14.9. The number of pyridine rings is 1. The normalized spacial score (nSPS) is 16.1. The van der Waals surface area contributed by atoms with Gasteiger partial charge in [-0.1, -0.05) is 0 Å². The maximum absolute atomic E-state index is 4.34. The maximum Gasteiger partial charge on any atom is 0.0455 e. The first kappa shape index (κ1) is 7.59. The molecule has 1 saturated carbocycles. The third kappa shape index (κ3) is 1.58. The molecule has 0 spiro atoms. The van der Waals surface area contributed by atoms with Crippen LogP contribution in [0.3, 0.4) is 0 Å². The molecule has 2 heteroatoms. The SMILES string of the molecule is CCNc1ccnc(C2CC2)c1. The molecule has 12 heavy (non-hydrogen) atoms. The minimum Gasteiger partial charge on any atom is -0.385 e. The third-order valence-electron chi connectivity index (χ3n) is 2.16. The Hall–Kier alpha value is -1.05. The van der Waals surface area contributed by atoms with E-state index in [-0.39, 0.29) is 0 Å². The Morgan fingerprint density at radius 3 is 3.08 bits per heavy atom. The average molecular weight is 162 g/mol. The van der Waals surface area contributed by atoms with E-state index in [1.54, 1.807) is 0 Å². The van der Waals surface area contributed by atoms with Crippen molar-refractivity contribution in [3.05, 3.63) is 24.0 Å². The van der Waals surface area contributed by atoms with Gasteiger partial charge in [-0.05, 0) is 31.9 Å². The first-order valence-electron chi connectivity index (χ1n) is 4.60. The molecule has 0 amide bonds. The Balaban J connectivity index is 2.15. The summed E-state index contributed by atoms with van der Waals surface area (Å²) in [7, 11) is 0. The van der Waals surface area contributed by atoms with Crippen molar-refractivity contribution in [3.63, 3.8) is 0 Å². The van der Waals surface area contributed by atoms with Crippen molar-refractivity contribution in [2.45, 2.75) is 25.7 Å². The van der Waals surface area contributed by atoms with Crippen molar-refractivity contribution in [2.24, 2.45) is 0 Å². The number of nitrogens with zero attached hydrogens (tertiary/aromatic N) is 1. The molecular weight excluding hydrogens is 148 g/mol. The van der Waals surface area contributed by atoms with E-state index in [9.17, 15) is 0 Å². The predicted octanol–water partition coefficient (Wildman–Crippen LogP) is 2.39. The summed E-state index contributed by atoms with van der Waals surface area (Å²) in [5.74, 6) is 0.753. The zero-order valence-corrected chi connectivity index (χ0v) is 7.38. The molecule has 1 aromatic heterocycles. The van der Waals surface area contributed by atoms with Crippen LogP contribution in [0.4, 0.5) is 5.69 Å². The van der Waals surface area contributed by atoms with Gasteiger partial charge in [-0.15, -0.1) is 0 Å². The highest BCUT2D eigenvalue weighted by molar-refractivity contribution is 5.44. The van der Waals surface area contributed by atoms with Gasteiger partial charge < -0.3 is 5.32 Å². The van der Waals surface area contributed by atoms with Crippen molar-refractivity contribution >= 4 is 5.69 Å². The molecule has 0 unspecified atom stereocenters. The van der Waals surface area contributed by atoms with Gasteiger partial charge in [-0.3, -0.25) is 4.98 Å². The fraction of sp³-hybridized carbons (Fsp3) is 0.500. The molecule has 0 radical (unpaired) electrons. The minimum absolute atomic E-state index is 0.753. The molecule has 64 valence electrons. The van der Waals surface area contributed by atoms with E-state index in [4.69, 9.17) is 0 Å². The van der Waals surface area contributed by atoms with Crippen LogP contribution in [0.25, 0.3) is 0 Å². The van der Waals surface area contributed by atoms with Crippen molar-refractivity contribution in [1.29, 1.82) is 0 Å². The van der Waals surface area contributed by atoms with Gasteiger partial charge in [0.25, 0.3) is 0 Å². The van der Waals surface area contributed by atoms with E-state index in [0.717, 1.165) is 12.5 Å². The summed E-state index contributed by atoms with van der Waals surface area (Å²) in [6, 6.07) is 4.19. The van der Waals surface area contributed by atoms with Crippen LogP contribution in [0, 0.1) is 0 Å². The second-order valence-electron chi connectivity index (χ2n) is 3.27. The lowest BCUT2D eigenvalue weighted by Crippen LogP contribution is -1.97. The lowest BCUT2D eigenvalue weighted by molar-refractivity contribution is 1.02. The second-order valence-corrected chi connectivity index (χ2v) is 3.27. The lowest BCUT2D eigenvalue weighted by atomic mass is 10.2. The maximum atomic E-state index is 4.34. The van der Waals surface area contributed by atoms with Gasteiger partial charge in [-0.2, -0.15) is 0 Å². The number of hydrogen-bond donors (Lipinski definition) is 1. The Labute approximate surface area is 73.0 Å². The van der Waals surface area contributed by atoms with Gasteiger partial charge in [0.05, 0.1) is 0 Å². The predicted molar refractivity (Wildman–Crippen MR) is 50.4 cm³/mol.